The number of carbonyl (C=O) groups excluding carboxylic acids is 1. The molecule has 0 amide bonds. The molecule has 0 saturated heterocycles. The third-order valence-electron chi connectivity index (χ3n) is 5.16. The van der Waals surface area contributed by atoms with E-state index in [9.17, 15) is 22.8 Å². The number of alkyl halides is 3. The van der Waals surface area contributed by atoms with Crippen molar-refractivity contribution in [1.29, 1.82) is 0 Å². The molecular weight excluding hydrogens is 359 g/mol. The van der Waals surface area contributed by atoms with E-state index in [0.717, 1.165) is 18.2 Å². The molecule has 3 rings (SSSR count). The molecule has 0 spiro atoms. The first-order valence-corrected chi connectivity index (χ1v) is 8.52. The highest BCUT2D eigenvalue weighted by molar-refractivity contribution is 5.95. The van der Waals surface area contributed by atoms with Crippen molar-refractivity contribution in [3.63, 3.8) is 0 Å². The summed E-state index contributed by atoms with van der Waals surface area (Å²) in [5.74, 6) is 0.139. The first-order chi connectivity index (χ1) is 12.5. The predicted octanol–water partition coefficient (Wildman–Crippen LogP) is 3.41. The molecule has 1 aromatic heterocycles. The van der Waals surface area contributed by atoms with Crippen LogP contribution in [0.15, 0.2) is 35.1 Å². The number of carbonyl (C=O) groups is 1. The summed E-state index contributed by atoms with van der Waals surface area (Å²) in [6.45, 7) is 1.96. The Morgan fingerprint density at radius 3 is 2.37 bits per heavy atom. The molecule has 0 bridgehead atoms. The van der Waals surface area contributed by atoms with E-state index in [0.29, 0.717) is 12.0 Å². The molecule has 144 valence electrons. The van der Waals surface area contributed by atoms with Crippen molar-refractivity contribution in [2.24, 2.45) is 5.92 Å². The molecule has 0 radical (unpaired) electrons. The Bertz CT molecular complexity index is 919. The second kappa shape index (κ2) is 6.51. The zero-order chi connectivity index (χ0) is 20.0. The number of nitrogens with one attached hydrogen (secondary N) is 1. The molecule has 0 unspecified atom stereocenters. The van der Waals surface area contributed by atoms with Gasteiger partial charge in [-0.3, -0.25) is 14.6 Å². The highest BCUT2D eigenvalue weighted by atomic mass is 19.4. The normalized spacial score (nSPS) is 21.8. The van der Waals surface area contributed by atoms with Gasteiger partial charge in [-0.15, -0.1) is 0 Å². The number of hydrogen-bond acceptors (Lipinski definition) is 4. The molecule has 27 heavy (non-hydrogen) atoms. The topological polar surface area (TPSA) is 66.1 Å². The second-order valence-electron chi connectivity index (χ2n) is 7.29. The number of benzene rings is 1. The first-order valence-electron chi connectivity index (χ1n) is 8.52. The molecule has 1 aliphatic carbocycles. The standard InChI is InChI=1S/C19H20F3N3O2/c1-11-9-18(11,12-4-6-13(7-5-12)19(20,21)22)10-15(26)14-8-16(27)24-17(23-14)25(2)3/h4-8,11H,9-10H2,1-3H3,(H,23,24,27)/t11-,18+/m0/s1. The minimum atomic E-state index is -4.39. The van der Waals surface area contributed by atoms with Crippen molar-refractivity contribution < 1.29 is 18.0 Å². The largest absolute Gasteiger partial charge is 0.416 e. The van der Waals surface area contributed by atoms with Crippen molar-refractivity contribution in [3.05, 3.63) is 57.5 Å². The summed E-state index contributed by atoms with van der Waals surface area (Å²) < 4.78 is 38.3. The molecule has 1 N–H and O–H groups in total. The van der Waals surface area contributed by atoms with Gasteiger partial charge in [0.05, 0.1) is 5.56 Å². The quantitative estimate of drug-likeness (QED) is 0.809. The minimum Gasteiger partial charge on any atom is -0.348 e. The van der Waals surface area contributed by atoms with Gasteiger partial charge in [-0.25, -0.2) is 4.98 Å². The summed E-state index contributed by atoms with van der Waals surface area (Å²) in [6.07, 6.45) is -3.59. The number of hydrogen-bond donors (Lipinski definition) is 1. The maximum atomic E-state index is 12.8. The molecule has 0 aliphatic heterocycles. The number of aromatic amines is 1. The Labute approximate surface area is 154 Å². The number of ketones is 1. The molecular formula is C19H20F3N3O2. The molecule has 1 aliphatic rings. The Morgan fingerprint density at radius 1 is 1.30 bits per heavy atom. The lowest BCUT2D eigenvalue weighted by Crippen LogP contribution is -2.23. The van der Waals surface area contributed by atoms with Gasteiger partial charge in [-0.1, -0.05) is 19.1 Å². The summed E-state index contributed by atoms with van der Waals surface area (Å²) in [4.78, 5) is 32.9. The molecule has 8 heteroatoms. The van der Waals surface area contributed by atoms with E-state index in [-0.39, 0.29) is 29.8 Å². The van der Waals surface area contributed by atoms with E-state index in [1.165, 1.54) is 12.1 Å². The number of aromatic nitrogens is 2. The summed E-state index contributed by atoms with van der Waals surface area (Å²) in [6, 6.07) is 6.12. The molecule has 2 aromatic rings. The number of H-pyrrole nitrogens is 1. The second-order valence-corrected chi connectivity index (χ2v) is 7.29. The van der Waals surface area contributed by atoms with Gasteiger partial charge in [0, 0.05) is 32.0 Å². The van der Waals surface area contributed by atoms with E-state index < -0.39 is 22.7 Å². The van der Waals surface area contributed by atoms with Crippen LogP contribution < -0.4 is 10.5 Å². The fourth-order valence-corrected chi connectivity index (χ4v) is 3.41. The van der Waals surface area contributed by atoms with Crippen LogP contribution >= 0.6 is 0 Å². The lowest BCUT2D eigenvalue weighted by molar-refractivity contribution is -0.137. The van der Waals surface area contributed by atoms with Crippen LogP contribution in [-0.2, 0) is 11.6 Å². The summed E-state index contributed by atoms with van der Waals surface area (Å²) in [5.41, 5.74) is -0.886. The van der Waals surface area contributed by atoms with Crippen molar-refractivity contribution >= 4 is 11.7 Å². The number of nitrogens with zero attached hydrogens (tertiary/aromatic N) is 2. The SMILES string of the molecule is C[C@H]1C[C@]1(CC(=O)c1cc(=O)[nH]c(N(C)C)n1)c1ccc(C(F)(F)F)cc1. The zero-order valence-corrected chi connectivity index (χ0v) is 15.2. The summed E-state index contributed by atoms with van der Waals surface area (Å²) in [5, 5.41) is 0. The van der Waals surface area contributed by atoms with E-state index >= 15 is 0 Å². The highest BCUT2D eigenvalue weighted by Crippen LogP contribution is 2.57. The minimum absolute atomic E-state index is 0.0628. The monoisotopic (exact) mass is 379 g/mol. The van der Waals surface area contributed by atoms with Crippen LogP contribution in [-0.4, -0.2) is 29.8 Å². The lowest BCUT2D eigenvalue weighted by atomic mass is 9.87. The Kier molecular flexibility index (Phi) is 4.61. The van der Waals surface area contributed by atoms with E-state index in [4.69, 9.17) is 0 Å². The van der Waals surface area contributed by atoms with Crippen LogP contribution in [0, 0.1) is 5.92 Å². The van der Waals surface area contributed by atoms with Crippen LogP contribution in [0.25, 0.3) is 0 Å². The summed E-state index contributed by atoms with van der Waals surface area (Å²) in [7, 11) is 3.39. The maximum absolute atomic E-state index is 12.8. The van der Waals surface area contributed by atoms with Crippen molar-refractivity contribution in [2.45, 2.75) is 31.4 Å². The van der Waals surface area contributed by atoms with Crippen molar-refractivity contribution in [2.75, 3.05) is 19.0 Å². The van der Waals surface area contributed by atoms with Gasteiger partial charge in [0.1, 0.15) is 5.69 Å². The average molecular weight is 379 g/mol. The van der Waals surface area contributed by atoms with E-state index in [1.54, 1.807) is 19.0 Å². The number of rotatable bonds is 5. The first kappa shape index (κ1) is 19.1. The predicted molar refractivity (Wildman–Crippen MR) is 95.0 cm³/mol. The maximum Gasteiger partial charge on any atom is 0.416 e. The Balaban J connectivity index is 1.87. The van der Waals surface area contributed by atoms with Crippen LogP contribution in [0.1, 0.15) is 41.4 Å². The van der Waals surface area contributed by atoms with Crippen LogP contribution in [0.3, 0.4) is 0 Å². The Morgan fingerprint density at radius 2 is 1.89 bits per heavy atom. The van der Waals surface area contributed by atoms with Gasteiger partial charge in [0.2, 0.25) is 5.95 Å². The fourth-order valence-electron chi connectivity index (χ4n) is 3.41. The van der Waals surface area contributed by atoms with Gasteiger partial charge in [-0.2, -0.15) is 13.2 Å². The van der Waals surface area contributed by atoms with Gasteiger partial charge >= 0.3 is 6.18 Å². The lowest BCUT2D eigenvalue weighted by Gasteiger charge is -2.18. The van der Waals surface area contributed by atoms with Gasteiger partial charge in [-0.05, 0) is 30.0 Å². The summed E-state index contributed by atoms with van der Waals surface area (Å²) >= 11 is 0. The van der Waals surface area contributed by atoms with Crippen LogP contribution in [0.5, 0.6) is 0 Å². The van der Waals surface area contributed by atoms with Crippen molar-refractivity contribution in [3.8, 4) is 0 Å². The number of halogens is 3. The zero-order valence-electron chi connectivity index (χ0n) is 15.2. The van der Waals surface area contributed by atoms with Crippen molar-refractivity contribution in [1.82, 2.24) is 9.97 Å². The molecule has 2 atom stereocenters. The smallest absolute Gasteiger partial charge is 0.348 e. The molecule has 1 aromatic carbocycles. The van der Waals surface area contributed by atoms with Crippen LogP contribution in [0.2, 0.25) is 0 Å². The van der Waals surface area contributed by atoms with E-state index in [1.807, 2.05) is 6.92 Å². The van der Waals surface area contributed by atoms with Gasteiger partial charge < -0.3 is 4.90 Å². The van der Waals surface area contributed by atoms with E-state index in [2.05, 4.69) is 9.97 Å². The number of anilines is 1. The van der Waals surface area contributed by atoms with Crippen LogP contribution in [0.4, 0.5) is 19.1 Å². The average Bonchev–Trinajstić information content (AvgIpc) is 3.24. The molecule has 1 heterocycles. The third-order valence-corrected chi connectivity index (χ3v) is 5.16. The molecule has 1 fully saturated rings. The Hall–Kier alpha value is -2.64. The molecule has 5 nitrogen and oxygen atoms in total. The van der Waals surface area contributed by atoms with Gasteiger partial charge in [0.15, 0.2) is 5.78 Å². The molecule has 1 saturated carbocycles. The van der Waals surface area contributed by atoms with Gasteiger partial charge in [0.25, 0.3) is 5.56 Å². The highest BCUT2D eigenvalue weighted by Gasteiger charge is 2.53. The fraction of sp³-hybridized carbons (Fsp3) is 0.421. The third kappa shape index (κ3) is 3.74. The number of Topliss-reactive ketones (excluding diaryl/α,β-unsaturated/α-hetero) is 1.